The Labute approximate surface area is 177 Å². The average molecular weight is 459 g/mol. The molecule has 3 N–H and O–H groups in total. The Morgan fingerprint density at radius 1 is 1.18 bits per heavy atom. The molecule has 1 heterocycles. The molecule has 6 heteroatoms. The van der Waals surface area contributed by atoms with Gasteiger partial charge in [-0.15, -0.1) is 0 Å². The first kappa shape index (κ1) is 19.2. The lowest BCUT2D eigenvalue weighted by atomic mass is 10.0. The Balaban J connectivity index is 1.74. The summed E-state index contributed by atoms with van der Waals surface area (Å²) in [6.07, 6.45) is 0.714. The highest BCUT2D eigenvalue weighted by Gasteiger charge is 2.28. The first-order chi connectivity index (χ1) is 13.6. The normalized spacial score (nSPS) is 13.2. The molecule has 1 aliphatic rings. The lowest BCUT2D eigenvalue weighted by Crippen LogP contribution is -2.32. The Morgan fingerprint density at radius 3 is 2.86 bits per heavy atom. The molecule has 1 amide bonds. The third-order valence-corrected chi connectivity index (χ3v) is 5.71. The number of amides is 1. The van der Waals surface area contributed by atoms with Gasteiger partial charge >= 0.3 is 0 Å². The average Bonchev–Trinajstić information content (AvgIpc) is 3.25. The van der Waals surface area contributed by atoms with E-state index in [1.165, 1.54) is 0 Å². The minimum absolute atomic E-state index is 0.0364. The Morgan fingerprint density at radius 2 is 2.04 bits per heavy atom. The van der Waals surface area contributed by atoms with Crippen LogP contribution >= 0.6 is 27.5 Å². The third kappa shape index (κ3) is 3.75. The highest BCUT2D eigenvalue weighted by Crippen LogP contribution is 2.40. The number of aromatic amines is 1. The second-order valence-electron chi connectivity index (χ2n) is 6.86. The van der Waals surface area contributed by atoms with Crippen LogP contribution in [0.3, 0.4) is 0 Å². The van der Waals surface area contributed by atoms with Gasteiger partial charge in [0.05, 0.1) is 5.57 Å². The van der Waals surface area contributed by atoms with Crippen LogP contribution in [0.15, 0.2) is 46.9 Å². The molecule has 144 valence electrons. The summed E-state index contributed by atoms with van der Waals surface area (Å²) in [7, 11) is 0. The smallest absolute Gasteiger partial charge is 0.252 e. The number of fused-ring (bicyclic) bond motifs is 2. The Kier molecular flexibility index (Phi) is 5.58. The molecule has 1 aromatic heterocycles. The van der Waals surface area contributed by atoms with Crippen LogP contribution in [0.1, 0.15) is 23.7 Å². The number of hydrogen-bond acceptors (Lipinski definition) is 2. The monoisotopic (exact) mass is 457 g/mol. The molecule has 2 aromatic carbocycles. The first-order valence-electron chi connectivity index (χ1n) is 9.36. The maximum absolute atomic E-state index is 13.1. The Hall–Kier alpha value is -2.08. The van der Waals surface area contributed by atoms with Crippen LogP contribution in [-0.4, -0.2) is 30.5 Å². The molecule has 4 rings (SSSR count). The highest BCUT2D eigenvalue weighted by molar-refractivity contribution is 9.10. The van der Waals surface area contributed by atoms with E-state index < -0.39 is 0 Å². The quantitative estimate of drug-likeness (QED) is 0.466. The van der Waals surface area contributed by atoms with Crippen LogP contribution in [0.25, 0.3) is 22.0 Å². The number of nitrogens with one attached hydrogen (secondary N) is 3. The molecule has 0 unspecified atom stereocenters. The number of halogens is 2. The van der Waals surface area contributed by atoms with E-state index in [-0.39, 0.29) is 5.91 Å². The van der Waals surface area contributed by atoms with E-state index in [4.69, 9.17) is 11.6 Å². The molecule has 28 heavy (non-hydrogen) atoms. The van der Waals surface area contributed by atoms with E-state index in [2.05, 4.69) is 50.6 Å². The van der Waals surface area contributed by atoms with Crippen molar-refractivity contribution < 1.29 is 4.79 Å². The molecule has 3 aromatic rings. The summed E-state index contributed by atoms with van der Waals surface area (Å²) in [5.41, 5.74) is 5.88. The van der Waals surface area contributed by atoms with E-state index in [9.17, 15) is 4.79 Å². The van der Waals surface area contributed by atoms with Crippen LogP contribution < -0.4 is 10.6 Å². The third-order valence-electron chi connectivity index (χ3n) is 4.98. The van der Waals surface area contributed by atoms with Crippen molar-refractivity contribution >= 4 is 55.5 Å². The zero-order valence-electron chi connectivity index (χ0n) is 15.5. The van der Waals surface area contributed by atoms with E-state index in [1.807, 2.05) is 30.3 Å². The molecule has 0 saturated carbocycles. The van der Waals surface area contributed by atoms with E-state index in [1.54, 1.807) is 0 Å². The zero-order valence-corrected chi connectivity index (χ0v) is 17.9. The van der Waals surface area contributed by atoms with Crippen molar-refractivity contribution in [3.8, 4) is 0 Å². The van der Waals surface area contributed by atoms with Crippen LogP contribution in [0.2, 0.25) is 5.02 Å². The van der Waals surface area contributed by atoms with Crippen molar-refractivity contribution in [2.45, 2.75) is 13.3 Å². The van der Waals surface area contributed by atoms with Gasteiger partial charge in [0.25, 0.3) is 5.91 Å². The number of benzene rings is 2. The van der Waals surface area contributed by atoms with E-state index in [0.717, 1.165) is 56.4 Å². The van der Waals surface area contributed by atoms with Crippen LogP contribution in [0.5, 0.6) is 0 Å². The topological polar surface area (TPSA) is 56.9 Å². The van der Waals surface area contributed by atoms with E-state index in [0.29, 0.717) is 18.0 Å². The molecule has 0 spiro atoms. The summed E-state index contributed by atoms with van der Waals surface area (Å²) in [5.74, 6) is -0.0364. The zero-order chi connectivity index (χ0) is 19.7. The maximum atomic E-state index is 13.1. The van der Waals surface area contributed by atoms with Gasteiger partial charge in [-0.25, -0.2) is 0 Å². The number of allylic oxidation sites excluding steroid dienone is 1. The van der Waals surface area contributed by atoms with Crippen molar-refractivity contribution in [2.75, 3.05) is 19.6 Å². The SMILES string of the molecule is CCNCCNC(=O)C1=C(c2cc3cc(Cl)ccc3[nH]2)Cc2cc(Br)ccc21. The molecule has 0 bridgehead atoms. The number of aromatic nitrogens is 1. The first-order valence-corrected chi connectivity index (χ1v) is 10.5. The number of hydrogen-bond donors (Lipinski definition) is 3. The summed E-state index contributed by atoms with van der Waals surface area (Å²) < 4.78 is 1.02. The summed E-state index contributed by atoms with van der Waals surface area (Å²) in [6, 6.07) is 13.9. The molecule has 1 aliphatic carbocycles. The van der Waals surface area contributed by atoms with Crippen molar-refractivity contribution in [3.05, 3.63) is 68.8 Å². The largest absolute Gasteiger partial charge is 0.355 e. The number of rotatable bonds is 6. The van der Waals surface area contributed by atoms with E-state index >= 15 is 0 Å². The molecule has 0 atom stereocenters. The van der Waals surface area contributed by atoms with Gasteiger partial charge in [0.1, 0.15) is 0 Å². The van der Waals surface area contributed by atoms with Crippen LogP contribution in [0, 0.1) is 0 Å². The lowest BCUT2D eigenvalue weighted by molar-refractivity contribution is -0.115. The molecule has 0 radical (unpaired) electrons. The number of likely N-dealkylation sites (N-methyl/N-ethyl adjacent to an activating group) is 1. The molecular formula is C22H21BrClN3O. The molecule has 4 nitrogen and oxygen atoms in total. The van der Waals surface area contributed by atoms with Gasteiger partial charge in [-0.3, -0.25) is 4.79 Å². The summed E-state index contributed by atoms with van der Waals surface area (Å²) >= 11 is 9.68. The fourth-order valence-corrected chi connectivity index (χ4v) is 4.27. The number of carbonyl (C=O) groups excluding carboxylic acids is 1. The Bertz CT molecular complexity index is 1090. The standard InChI is InChI=1S/C22H21BrClN3O/c1-2-25-7-8-26-22(28)21-17-5-3-15(23)9-13(17)11-18(21)20-12-14-10-16(24)4-6-19(14)27-20/h3-6,9-10,12,25,27H,2,7-8,11H2,1H3,(H,26,28). The fraction of sp³-hybridized carbons (Fsp3) is 0.227. The van der Waals surface area contributed by atoms with Gasteiger partial charge in [0, 0.05) is 45.6 Å². The van der Waals surface area contributed by atoms with Crippen molar-refractivity contribution in [1.82, 2.24) is 15.6 Å². The van der Waals surface area contributed by atoms with Crippen molar-refractivity contribution in [1.29, 1.82) is 0 Å². The summed E-state index contributed by atoms with van der Waals surface area (Å²) in [4.78, 5) is 16.5. The minimum atomic E-state index is -0.0364. The van der Waals surface area contributed by atoms with Crippen molar-refractivity contribution in [2.24, 2.45) is 0 Å². The van der Waals surface area contributed by atoms with Gasteiger partial charge in [-0.05, 0) is 59.6 Å². The summed E-state index contributed by atoms with van der Waals surface area (Å²) in [6.45, 7) is 4.29. The predicted molar refractivity (Wildman–Crippen MR) is 120 cm³/mol. The van der Waals surface area contributed by atoms with Gasteiger partial charge in [-0.2, -0.15) is 0 Å². The summed E-state index contributed by atoms with van der Waals surface area (Å²) in [5, 5.41) is 8.02. The van der Waals surface area contributed by atoms with Gasteiger partial charge < -0.3 is 15.6 Å². The molecule has 0 fully saturated rings. The molecular weight excluding hydrogens is 438 g/mol. The van der Waals surface area contributed by atoms with Crippen LogP contribution in [-0.2, 0) is 11.2 Å². The van der Waals surface area contributed by atoms with Gasteiger partial charge in [0.15, 0.2) is 0 Å². The van der Waals surface area contributed by atoms with Crippen molar-refractivity contribution in [3.63, 3.8) is 0 Å². The molecule has 0 saturated heterocycles. The number of carbonyl (C=O) groups is 1. The fourth-order valence-electron chi connectivity index (χ4n) is 3.68. The minimum Gasteiger partial charge on any atom is -0.355 e. The lowest BCUT2D eigenvalue weighted by Gasteiger charge is -2.10. The highest BCUT2D eigenvalue weighted by atomic mass is 79.9. The van der Waals surface area contributed by atoms with Gasteiger partial charge in [-0.1, -0.05) is 40.5 Å². The second-order valence-corrected chi connectivity index (χ2v) is 8.21. The second kappa shape index (κ2) is 8.11. The predicted octanol–water partition coefficient (Wildman–Crippen LogP) is 4.78. The molecule has 0 aliphatic heterocycles. The maximum Gasteiger partial charge on any atom is 0.252 e. The van der Waals surface area contributed by atoms with Crippen LogP contribution in [0.4, 0.5) is 0 Å². The number of H-pyrrole nitrogens is 1. The van der Waals surface area contributed by atoms with Gasteiger partial charge in [0.2, 0.25) is 0 Å².